The lowest BCUT2D eigenvalue weighted by Gasteiger charge is -1.93. The molecule has 0 radical (unpaired) electrons. The van der Waals surface area contributed by atoms with Crippen LogP contribution in [0.4, 0.5) is 0 Å². The first kappa shape index (κ1) is 7.96. The van der Waals surface area contributed by atoms with Gasteiger partial charge in [-0.25, -0.2) is 0 Å². The zero-order chi connectivity index (χ0) is 8.72. The van der Waals surface area contributed by atoms with Crippen molar-refractivity contribution in [2.24, 2.45) is 0 Å². The highest BCUT2D eigenvalue weighted by Gasteiger charge is 2.09. The van der Waals surface area contributed by atoms with Crippen molar-refractivity contribution in [3.05, 3.63) is 40.1 Å². The Morgan fingerprint density at radius 2 is 2.00 bits per heavy atom. The minimum Gasteiger partial charge on any atom is -0.306 e. The highest BCUT2D eigenvalue weighted by molar-refractivity contribution is 6.38. The number of pyridine rings is 1. The van der Waals surface area contributed by atoms with E-state index in [0.29, 0.717) is 5.15 Å². The Morgan fingerprint density at radius 3 is 2.67 bits per heavy atom. The van der Waals surface area contributed by atoms with Gasteiger partial charge in [-0.1, -0.05) is 29.3 Å². The SMILES string of the molecule is Cc1c(Cl)c2ccccn2c1Cl. The van der Waals surface area contributed by atoms with Crippen LogP contribution in [-0.4, -0.2) is 4.40 Å². The summed E-state index contributed by atoms with van der Waals surface area (Å²) in [4.78, 5) is 0. The Bertz CT molecular complexity index is 392. The van der Waals surface area contributed by atoms with E-state index in [0.717, 1.165) is 16.1 Å². The molecule has 0 N–H and O–H groups in total. The first-order valence-corrected chi connectivity index (χ1v) is 4.38. The molecule has 0 atom stereocenters. The monoisotopic (exact) mass is 199 g/mol. The van der Waals surface area contributed by atoms with Gasteiger partial charge in [0.1, 0.15) is 5.15 Å². The third-order valence-corrected chi connectivity index (χ3v) is 2.88. The third kappa shape index (κ3) is 0.936. The van der Waals surface area contributed by atoms with Crippen LogP contribution in [0.15, 0.2) is 24.4 Å². The van der Waals surface area contributed by atoms with E-state index < -0.39 is 0 Å². The lowest BCUT2D eigenvalue weighted by Crippen LogP contribution is -1.80. The lowest BCUT2D eigenvalue weighted by atomic mass is 10.3. The molecule has 0 saturated heterocycles. The van der Waals surface area contributed by atoms with Gasteiger partial charge in [0.15, 0.2) is 0 Å². The van der Waals surface area contributed by atoms with Crippen molar-refractivity contribution in [3.63, 3.8) is 0 Å². The molecular formula is C9H7Cl2N. The summed E-state index contributed by atoms with van der Waals surface area (Å²) in [6.07, 6.45) is 1.90. The summed E-state index contributed by atoms with van der Waals surface area (Å²) in [6, 6.07) is 5.81. The predicted molar refractivity (Wildman–Crippen MR) is 52.2 cm³/mol. The van der Waals surface area contributed by atoms with Crippen molar-refractivity contribution in [2.45, 2.75) is 6.92 Å². The number of hydrogen-bond donors (Lipinski definition) is 0. The molecule has 0 amide bonds. The fourth-order valence-electron chi connectivity index (χ4n) is 1.26. The van der Waals surface area contributed by atoms with Gasteiger partial charge < -0.3 is 4.40 Å². The number of nitrogens with zero attached hydrogens (tertiary/aromatic N) is 1. The van der Waals surface area contributed by atoms with E-state index in [1.807, 2.05) is 35.7 Å². The maximum absolute atomic E-state index is 6.04. The summed E-state index contributed by atoms with van der Waals surface area (Å²) in [5, 5.41) is 1.43. The second-order valence-electron chi connectivity index (χ2n) is 2.69. The average Bonchev–Trinajstić information content (AvgIpc) is 2.33. The minimum atomic E-state index is 0.690. The van der Waals surface area contributed by atoms with Gasteiger partial charge >= 0.3 is 0 Å². The first-order chi connectivity index (χ1) is 5.72. The van der Waals surface area contributed by atoms with Crippen LogP contribution < -0.4 is 0 Å². The van der Waals surface area contributed by atoms with Gasteiger partial charge in [0.2, 0.25) is 0 Å². The van der Waals surface area contributed by atoms with Gasteiger partial charge in [-0.15, -0.1) is 0 Å². The summed E-state index contributed by atoms with van der Waals surface area (Å²) >= 11 is 12.1. The third-order valence-electron chi connectivity index (χ3n) is 1.93. The lowest BCUT2D eigenvalue weighted by molar-refractivity contribution is 1.19. The van der Waals surface area contributed by atoms with E-state index in [4.69, 9.17) is 23.2 Å². The predicted octanol–water partition coefficient (Wildman–Crippen LogP) is 3.55. The quantitative estimate of drug-likeness (QED) is 0.612. The number of hydrogen-bond acceptors (Lipinski definition) is 0. The highest BCUT2D eigenvalue weighted by atomic mass is 35.5. The first-order valence-electron chi connectivity index (χ1n) is 3.62. The van der Waals surface area contributed by atoms with Gasteiger partial charge in [0.05, 0.1) is 10.5 Å². The van der Waals surface area contributed by atoms with Crippen molar-refractivity contribution in [2.75, 3.05) is 0 Å². The fraction of sp³-hybridized carbons (Fsp3) is 0.111. The Balaban J connectivity index is 2.99. The Hall–Kier alpha value is -0.660. The molecule has 3 heteroatoms. The summed E-state index contributed by atoms with van der Waals surface area (Å²) in [5.41, 5.74) is 1.89. The molecule has 62 valence electrons. The van der Waals surface area contributed by atoms with Crippen molar-refractivity contribution >= 4 is 28.7 Å². The fourth-order valence-corrected chi connectivity index (χ4v) is 1.79. The van der Waals surface area contributed by atoms with Gasteiger partial charge in [0.25, 0.3) is 0 Å². The molecule has 0 aromatic carbocycles. The van der Waals surface area contributed by atoms with Gasteiger partial charge in [0, 0.05) is 11.8 Å². The van der Waals surface area contributed by atoms with E-state index in [2.05, 4.69) is 0 Å². The molecule has 0 aliphatic carbocycles. The van der Waals surface area contributed by atoms with Crippen molar-refractivity contribution < 1.29 is 0 Å². The molecule has 2 aromatic rings. The van der Waals surface area contributed by atoms with Crippen LogP contribution in [0.3, 0.4) is 0 Å². The second-order valence-corrected chi connectivity index (χ2v) is 3.42. The van der Waals surface area contributed by atoms with Crippen LogP contribution in [0, 0.1) is 6.92 Å². The molecule has 1 nitrogen and oxygen atoms in total. The zero-order valence-electron chi connectivity index (χ0n) is 6.51. The number of halogens is 2. The van der Waals surface area contributed by atoms with E-state index in [1.54, 1.807) is 0 Å². The highest BCUT2D eigenvalue weighted by Crippen LogP contribution is 2.30. The van der Waals surface area contributed by atoms with Gasteiger partial charge in [-0.2, -0.15) is 0 Å². The van der Waals surface area contributed by atoms with Crippen LogP contribution in [0.5, 0.6) is 0 Å². The summed E-state index contributed by atoms with van der Waals surface area (Å²) < 4.78 is 1.87. The van der Waals surface area contributed by atoms with E-state index >= 15 is 0 Å². The Kier molecular flexibility index (Phi) is 1.78. The smallest absolute Gasteiger partial charge is 0.117 e. The number of rotatable bonds is 0. The molecule has 0 unspecified atom stereocenters. The molecular weight excluding hydrogens is 193 g/mol. The second kappa shape index (κ2) is 2.68. The maximum Gasteiger partial charge on any atom is 0.117 e. The standard InChI is InChI=1S/C9H7Cl2N/c1-6-8(10)7-4-2-3-5-12(7)9(6)11/h2-5H,1H3. The van der Waals surface area contributed by atoms with Gasteiger partial charge in [-0.05, 0) is 19.1 Å². The van der Waals surface area contributed by atoms with E-state index in [1.165, 1.54) is 0 Å². The molecule has 2 heterocycles. The topological polar surface area (TPSA) is 4.41 Å². The summed E-state index contributed by atoms with van der Waals surface area (Å²) in [6.45, 7) is 1.91. The normalized spacial score (nSPS) is 10.9. The largest absolute Gasteiger partial charge is 0.306 e. The molecule has 0 spiro atoms. The maximum atomic E-state index is 6.04. The molecule has 2 aromatic heterocycles. The molecule has 2 rings (SSSR count). The zero-order valence-corrected chi connectivity index (χ0v) is 8.02. The molecule has 0 fully saturated rings. The molecule has 0 aliphatic heterocycles. The minimum absolute atomic E-state index is 0.690. The van der Waals surface area contributed by atoms with Crippen molar-refractivity contribution in [1.29, 1.82) is 0 Å². The van der Waals surface area contributed by atoms with Crippen LogP contribution in [0.2, 0.25) is 10.2 Å². The number of fused-ring (bicyclic) bond motifs is 1. The Morgan fingerprint density at radius 1 is 1.25 bits per heavy atom. The van der Waals surface area contributed by atoms with E-state index in [-0.39, 0.29) is 0 Å². The van der Waals surface area contributed by atoms with Crippen LogP contribution in [-0.2, 0) is 0 Å². The molecule has 12 heavy (non-hydrogen) atoms. The Labute approximate surface area is 80.5 Å². The molecule has 0 aliphatic rings. The summed E-state index contributed by atoms with van der Waals surface area (Å²) in [7, 11) is 0. The summed E-state index contributed by atoms with van der Waals surface area (Å²) in [5.74, 6) is 0. The van der Waals surface area contributed by atoms with Crippen molar-refractivity contribution in [1.82, 2.24) is 4.40 Å². The van der Waals surface area contributed by atoms with Crippen LogP contribution >= 0.6 is 23.2 Å². The average molecular weight is 200 g/mol. The van der Waals surface area contributed by atoms with Gasteiger partial charge in [-0.3, -0.25) is 0 Å². The molecule has 0 saturated carbocycles. The van der Waals surface area contributed by atoms with Crippen LogP contribution in [0.25, 0.3) is 5.52 Å². The number of aromatic nitrogens is 1. The molecule has 0 bridgehead atoms. The van der Waals surface area contributed by atoms with Crippen molar-refractivity contribution in [3.8, 4) is 0 Å². The van der Waals surface area contributed by atoms with E-state index in [9.17, 15) is 0 Å². The van der Waals surface area contributed by atoms with Crippen LogP contribution in [0.1, 0.15) is 5.56 Å².